The number of hydrogen-bond acceptors (Lipinski definition) is 5. The van der Waals surface area contributed by atoms with Crippen LogP contribution in [-0.2, 0) is 6.61 Å². The van der Waals surface area contributed by atoms with Crippen LogP contribution >= 0.6 is 0 Å². The van der Waals surface area contributed by atoms with Gasteiger partial charge in [-0.05, 0) is 70.4 Å². The van der Waals surface area contributed by atoms with Crippen molar-refractivity contribution in [1.29, 1.82) is 0 Å². The van der Waals surface area contributed by atoms with Gasteiger partial charge in [0.2, 0.25) is 0 Å². The number of aromatic amines is 1. The molecule has 0 bridgehead atoms. The molecule has 0 atom stereocenters. The normalized spacial score (nSPS) is 11.0. The van der Waals surface area contributed by atoms with Crippen molar-refractivity contribution < 1.29 is 4.74 Å². The lowest BCUT2D eigenvalue weighted by Crippen LogP contribution is -2.18. The maximum Gasteiger partial charge on any atom is 0.365 e. The zero-order chi connectivity index (χ0) is 21.2. The fourth-order valence-corrected chi connectivity index (χ4v) is 3.60. The second-order valence-electron chi connectivity index (χ2n) is 7.22. The van der Waals surface area contributed by atoms with Crippen molar-refractivity contribution >= 4 is 10.9 Å². The maximum absolute atomic E-state index is 12.0. The summed E-state index contributed by atoms with van der Waals surface area (Å²) in [6.07, 6.45) is 1.80. The number of aryl methyl sites for hydroxylation is 1. The van der Waals surface area contributed by atoms with Crippen LogP contribution in [0.1, 0.15) is 11.1 Å². The number of rotatable bonds is 5. The number of H-pyrrole nitrogens is 1. The number of pyridine rings is 1. The van der Waals surface area contributed by atoms with E-state index in [1.54, 1.807) is 6.20 Å². The number of nitrogens with one attached hydrogen (secondary N) is 1. The molecular weight excluding hydrogens is 390 g/mol. The maximum atomic E-state index is 12.0. The zero-order valence-electron chi connectivity index (χ0n) is 16.8. The van der Waals surface area contributed by atoms with Gasteiger partial charge < -0.3 is 4.74 Å². The Labute approximate surface area is 177 Å². The third kappa shape index (κ3) is 3.69. The van der Waals surface area contributed by atoms with E-state index in [4.69, 9.17) is 4.74 Å². The van der Waals surface area contributed by atoms with E-state index >= 15 is 0 Å². The van der Waals surface area contributed by atoms with Gasteiger partial charge in [-0.15, -0.1) is 0 Å². The first-order chi connectivity index (χ1) is 15.2. The summed E-state index contributed by atoms with van der Waals surface area (Å²) >= 11 is 0. The minimum atomic E-state index is -0.389. The standard InChI is InChI=1S/C24H19N5O2/c1-16-5-2-9-23(29-24(30)26-27-28-29)21(16)15-31-20-8-3-6-17(14-20)18-10-11-22-19(13-18)7-4-12-25-22/h2-14H,15H2,1H3,(H,26,28,30). The van der Waals surface area contributed by atoms with Gasteiger partial charge in [0.15, 0.2) is 0 Å². The Morgan fingerprint density at radius 3 is 2.71 bits per heavy atom. The molecule has 0 fully saturated rings. The molecule has 0 aliphatic rings. The molecule has 3 aromatic carbocycles. The van der Waals surface area contributed by atoms with Crippen LogP contribution in [0.2, 0.25) is 0 Å². The number of ether oxygens (including phenoxy) is 1. The molecule has 1 N–H and O–H groups in total. The zero-order valence-corrected chi connectivity index (χ0v) is 16.8. The monoisotopic (exact) mass is 409 g/mol. The average molecular weight is 409 g/mol. The first kappa shape index (κ1) is 18.7. The average Bonchev–Trinajstić information content (AvgIpc) is 3.23. The summed E-state index contributed by atoms with van der Waals surface area (Å²) in [4.78, 5) is 16.4. The lowest BCUT2D eigenvalue weighted by molar-refractivity contribution is 0.305. The van der Waals surface area contributed by atoms with E-state index in [1.165, 1.54) is 4.68 Å². The van der Waals surface area contributed by atoms with Crippen molar-refractivity contribution in [2.45, 2.75) is 13.5 Å². The van der Waals surface area contributed by atoms with Crippen molar-refractivity contribution in [3.63, 3.8) is 0 Å². The Kier molecular flexibility index (Phi) is 4.76. The Hall–Kier alpha value is -4.26. The predicted octanol–water partition coefficient (Wildman–Crippen LogP) is 4.06. The highest BCUT2D eigenvalue weighted by Gasteiger charge is 2.12. The van der Waals surface area contributed by atoms with Crippen molar-refractivity contribution in [3.05, 3.63) is 101 Å². The van der Waals surface area contributed by atoms with Gasteiger partial charge in [0.25, 0.3) is 0 Å². The molecule has 0 unspecified atom stereocenters. The second kappa shape index (κ2) is 7.87. The molecule has 31 heavy (non-hydrogen) atoms. The molecule has 0 aliphatic heterocycles. The quantitative estimate of drug-likeness (QED) is 0.473. The minimum absolute atomic E-state index is 0.298. The first-order valence-corrected chi connectivity index (χ1v) is 9.86. The van der Waals surface area contributed by atoms with Crippen LogP contribution in [0.25, 0.3) is 27.7 Å². The summed E-state index contributed by atoms with van der Waals surface area (Å²) in [5, 5.41) is 10.9. The van der Waals surface area contributed by atoms with Gasteiger partial charge >= 0.3 is 5.69 Å². The van der Waals surface area contributed by atoms with E-state index in [1.807, 2.05) is 55.5 Å². The highest BCUT2D eigenvalue weighted by atomic mass is 16.5. The molecule has 2 aromatic heterocycles. The smallest absolute Gasteiger partial charge is 0.365 e. The number of benzene rings is 3. The van der Waals surface area contributed by atoms with Crippen molar-refractivity contribution in [1.82, 2.24) is 25.2 Å². The van der Waals surface area contributed by atoms with Crippen molar-refractivity contribution in [3.8, 4) is 22.6 Å². The third-order valence-electron chi connectivity index (χ3n) is 5.24. The van der Waals surface area contributed by atoms with Crippen molar-refractivity contribution in [2.24, 2.45) is 0 Å². The van der Waals surface area contributed by atoms with Gasteiger partial charge in [-0.25, -0.2) is 9.89 Å². The summed E-state index contributed by atoms with van der Waals surface area (Å²) in [6, 6.07) is 23.8. The number of nitrogens with zero attached hydrogens (tertiary/aromatic N) is 4. The van der Waals surface area contributed by atoms with E-state index in [2.05, 4.69) is 44.8 Å². The number of fused-ring (bicyclic) bond motifs is 1. The molecule has 0 spiro atoms. The molecule has 152 valence electrons. The Morgan fingerprint density at radius 1 is 0.968 bits per heavy atom. The number of tetrazole rings is 1. The molecule has 7 heteroatoms. The van der Waals surface area contributed by atoms with E-state index in [0.717, 1.165) is 38.9 Å². The van der Waals surface area contributed by atoms with E-state index < -0.39 is 0 Å². The molecule has 0 saturated heterocycles. The molecule has 5 aromatic rings. The van der Waals surface area contributed by atoms with Crippen LogP contribution in [0, 0.1) is 6.92 Å². The van der Waals surface area contributed by atoms with Crippen LogP contribution in [0.3, 0.4) is 0 Å². The molecule has 0 saturated carbocycles. The molecule has 0 radical (unpaired) electrons. The summed E-state index contributed by atoms with van der Waals surface area (Å²) < 4.78 is 7.36. The van der Waals surface area contributed by atoms with Crippen LogP contribution in [0.5, 0.6) is 5.75 Å². The van der Waals surface area contributed by atoms with E-state index in [0.29, 0.717) is 12.3 Å². The highest BCUT2D eigenvalue weighted by Crippen LogP contribution is 2.27. The second-order valence-corrected chi connectivity index (χ2v) is 7.22. The highest BCUT2D eigenvalue weighted by molar-refractivity contribution is 5.84. The summed E-state index contributed by atoms with van der Waals surface area (Å²) in [5.74, 6) is 0.741. The molecule has 5 rings (SSSR count). The summed E-state index contributed by atoms with van der Waals surface area (Å²) in [6.45, 7) is 2.28. The number of hydrogen-bond donors (Lipinski definition) is 1. The lowest BCUT2D eigenvalue weighted by atomic mass is 10.0. The van der Waals surface area contributed by atoms with Crippen LogP contribution in [0.4, 0.5) is 0 Å². The fourth-order valence-electron chi connectivity index (χ4n) is 3.60. The van der Waals surface area contributed by atoms with Crippen LogP contribution < -0.4 is 10.4 Å². The Balaban J connectivity index is 1.43. The van der Waals surface area contributed by atoms with Crippen LogP contribution in [-0.4, -0.2) is 25.2 Å². The van der Waals surface area contributed by atoms with Gasteiger partial charge in [-0.2, -0.15) is 4.68 Å². The van der Waals surface area contributed by atoms with Gasteiger partial charge in [-0.1, -0.05) is 36.4 Å². The summed E-state index contributed by atoms with van der Waals surface area (Å²) in [7, 11) is 0. The molecule has 0 amide bonds. The number of aromatic nitrogens is 5. The van der Waals surface area contributed by atoms with Gasteiger partial charge in [0.1, 0.15) is 12.4 Å². The first-order valence-electron chi connectivity index (χ1n) is 9.86. The van der Waals surface area contributed by atoms with Crippen LogP contribution in [0.15, 0.2) is 83.8 Å². The molecule has 2 heterocycles. The largest absolute Gasteiger partial charge is 0.489 e. The molecule has 0 aliphatic carbocycles. The van der Waals surface area contributed by atoms with E-state index in [-0.39, 0.29) is 5.69 Å². The minimum Gasteiger partial charge on any atom is -0.489 e. The van der Waals surface area contributed by atoms with Gasteiger partial charge in [0, 0.05) is 17.1 Å². The van der Waals surface area contributed by atoms with E-state index in [9.17, 15) is 4.79 Å². The SMILES string of the molecule is Cc1cccc(-n2nn[nH]c2=O)c1COc1cccc(-c2ccc3ncccc3c2)c1. The van der Waals surface area contributed by atoms with Gasteiger partial charge in [-0.3, -0.25) is 4.98 Å². The fraction of sp³-hybridized carbons (Fsp3) is 0.0833. The lowest BCUT2D eigenvalue weighted by Gasteiger charge is -2.13. The summed E-state index contributed by atoms with van der Waals surface area (Å²) in [5.41, 5.74) is 5.26. The molecular formula is C24H19N5O2. The topological polar surface area (TPSA) is 85.7 Å². The molecule has 7 nitrogen and oxygen atoms in total. The Bertz CT molecular complexity index is 1440. The van der Waals surface area contributed by atoms with Gasteiger partial charge in [0.05, 0.1) is 11.2 Å². The Morgan fingerprint density at radius 2 is 1.84 bits per heavy atom. The third-order valence-corrected chi connectivity index (χ3v) is 5.24. The van der Waals surface area contributed by atoms with Crippen molar-refractivity contribution in [2.75, 3.05) is 0 Å². The predicted molar refractivity (Wildman–Crippen MR) is 118 cm³/mol.